The van der Waals surface area contributed by atoms with Crippen molar-refractivity contribution in [2.45, 2.75) is 90.9 Å². The van der Waals surface area contributed by atoms with Crippen molar-refractivity contribution in [1.29, 1.82) is 0 Å². The fraction of sp³-hybridized carbons (Fsp3) is 0.789. The number of hydrogen-bond donors (Lipinski definition) is 0. The maximum Gasteiger partial charge on any atom is -0.0132 e. The Morgan fingerprint density at radius 1 is 0.947 bits per heavy atom. The molecule has 0 fully saturated rings. The van der Waals surface area contributed by atoms with Crippen LogP contribution in [0.1, 0.15) is 90.9 Å². The van der Waals surface area contributed by atoms with Crippen molar-refractivity contribution < 1.29 is 0 Å². The average Bonchev–Trinajstić information content (AvgIpc) is 2.93. The number of allylic oxidation sites excluding steroid dienone is 4. The van der Waals surface area contributed by atoms with Crippen LogP contribution in [0.3, 0.4) is 0 Å². The first-order valence-electron chi connectivity index (χ1n) is 8.71. The van der Waals surface area contributed by atoms with Crippen LogP contribution in [0.4, 0.5) is 0 Å². The molecule has 19 heavy (non-hydrogen) atoms. The van der Waals surface area contributed by atoms with E-state index in [0.717, 1.165) is 5.92 Å². The molecular weight excluding hydrogens is 228 g/mol. The number of hydrogen-bond acceptors (Lipinski definition) is 0. The maximum absolute atomic E-state index is 2.36. The van der Waals surface area contributed by atoms with Gasteiger partial charge >= 0.3 is 0 Å². The maximum atomic E-state index is 2.36. The Hall–Kier alpha value is -0.520. The molecule has 0 aromatic heterocycles. The first-order chi connectivity index (χ1) is 9.36. The summed E-state index contributed by atoms with van der Waals surface area (Å²) in [6.45, 7) is 4.65. The Morgan fingerprint density at radius 3 is 2.21 bits per heavy atom. The summed E-state index contributed by atoms with van der Waals surface area (Å²) in [6, 6.07) is 0. The van der Waals surface area contributed by atoms with Crippen LogP contribution >= 0.6 is 0 Å². The third kappa shape index (κ3) is 8.29. The zero-order valence-electron chi connectivity index (χ0n) is 13.3. The predicted octanol–water partition coefficient (Wildman–Crippen LogP) is 6.82. The summed E-state index contributed by atoms with van der Waals surface area (Å²) in [7, 11) is 0. The van der Waals surface area contributed by atoms with Crippen molar-refractivity contribution in [3.05, 3.63) is 23.8 Å². The lowest BCUT2D eigenvalue weighted by Crippen LogP contribution is -2.00. The van der Waals surface area contributed by atoms with E-state index in [1.165, 1.54) is 77.0 Å². The van der Waals surface area contributed by atoms with Crippen LogP contribution in [0, 0.1) is 5.92 Å². The van der Waals surface area contributed by atoms with E-state index in [9.17, 15) is 0 Å². The van der Waals surface area contributed by atoms with Gasteiger partial charge in [-0.2, -0.15) is 0 Å². The monoisotopic (exact) mass is 262 g/mol. The van der Waals surface area contributed by atoms with Crippen molar-refractivity contribution >= 4 is 0 Å². The van der Waals surface area contributed by atoms with Crippen LogP contribution in [0.25, 0.3) is 0 Å². The molecule has 0 amide bonds. The quantitative estimate of drug-likeness (QED) is 0.338. The molecule has 0 saturated carbocycles. The van der Waals surface area contributed by atoms with Gasteiger partial charge in [-0.15, -0.1) is 0 Å². The minimum atomic E-state index is 0.936. The summed E-state index contributed by atoms with van der Waals surface area (Å²) >= 11 is 0. The molecule has 0 heterocycles. The zero-order chi connectivity index (χ0) is 13.8. The van der Waals surface area contributed by atoms with Crippen LogP contribution in [-0.4, -0.2) is 0 Å². The van der Waals surface area contributed by atoms with E-state index in [0.29, 0.717) is 0 Å². The van der Waals surface area contributed by atoms with Gasteiger partial charge in [-0.05, 0) is 18.8 Å². The molecule has 1 aliphatic carbocycles. The molecule has 0 nitrogen and oxygen atoms in total. The van der Waals surface area contributed by atoms with Crippen molar-refractivity contribution in [2.24, 2.45) is 5.92 Å². The van der Waals surface area contributed by atoms with Gasteiger partial charge in [0.25, 0.3) is 0 Å². The highest BCUT2D eigenvalue weighted by Crippen LogP contribution is 2.26. The molecule has 0 saturated heterocycles. The Labute approximate surface area is 121 Å². The third-order valence-electron chi connectivity index (χ3n) is 4.44. The molecule has 0 aliphatic heterocycles. The summed E-state index contributed by atoms with van der Waals surface area (Å²) in [4.78, 5) is 0. The molecule has 110 valence electrons. The summed E-state index contributed by atoms with van der Waals surface area (Å²) < 4.78 is 0. The van der Waals surface area contributed by atoms with Gasteiger partial charge < -0.3 is 0 Å². The Bertz CT molecular complexity index is 259. The largest absolute Gasteiger partial charge is 0.0805 e. The Balaban J connectivity index is 1.94. The van der Waals surface area contributed by atoms with E-state index >= 15 is 0 Å². The van der Waals surface area contributed by atoms with Gasteiger partial charge in [0.2, 0.25) is 0 Å². The van der Waals surface area contributed by atoms with Gasteiger partial charge in [-0.3, -0.25) is 0 Å². The van der Waals surface area contributed by atoms with Gasteiger partial charge in [-0.1, -0.05) is 102 Å². The van der Waals surface area contributed by atoms with Crippen LogP contribution in [0.2, 0.25) is 0 Å². The first-order valence-corrected chi connectivity index (χ1v) is 8.71. The van der Waals surface area contributed by atoms with Gasteiger partial charge in [0.15, 0.2) is 0 Å². The molecule has 0 heteroatoms. The molecule has 1 aliphatic rings. The second-order valence-corrected chi connectivity index (χ2v) is 6.20. The van der Waals surface area contributed by atoms with E-state index in [4.69, 9.17) is 0 Å². The third-order valence-corrected chi connectivity index (χ3v) is 4.44. The second-order valence-electron chi connectivity index (χ2n) is 6.20. The van der Waals surface area contributed by atoms with Crippen molar-refractivity contribution in [2.75, 3.05) is 0 Å². The molecule has 0 aromatic rings. The van der Waals surface area contributed by atoms with Crippen LogP contribution < -0.4 is 0 Å². The second kappa shape index (κ2) is 11.3. The van der Waals surface area contributed by atoms with E-state index < -0.39 is 0 Å². The SMILES string of the molecule is CCCCCCCCCCC(CC)CC1=CC=CC1. The van der Waals surface area contributed by atoms with E-state index in [1.807, 2.05) is 0 Å². The summed E-state index contributed by atoms with van der Waals surface area (Å²) in [5.74, 6) is 0.936. The molecule has 0 spiro atoms. The van der Waals surface area contributed by atoms with Crippen molar-refractivity contribution in [3.63, 3.8) is 0 Å². The Morgan fingerprint density at radius 2 is 1.63 bits per heavy atom. The van der Waals surface area contributed by atoms with Gasteiger partial charge in [0.1, 0.15) is 0 Å². The van der Waals surface area contributed by atoms with E-state index in [-0.39, 0.29) is 0 Å². The molecule has 1 rings (SSSR count). The molecule has 1 unspecified atom stereocenters. The first kappa shape index (κ1) is 16.5. The predicted molar refractivity (Wildman–Crippen MR) is 87.5 cm³/mol. The topological polar surface area (TPSA) is 0 Å². The van der Waals surface area contributed by atoms with Crippen LogP contribution in [0.5, 0.6) is 0 Å². The van der Waals surface area contributed by atoms with Crippen LogP contribution in [-0.2, 0) is 0 Å². The number of rotatable bonds is 12. The normalized spacial score (nSPS) is 15.8. The van der Waals surface area contributed by atoms with Crippen LogP contribution in [0.15, 0.2) is 23.8 Å². The zero-order valence-corrected chi connectivity index (χ0v) is 13.3. The summed E-state index contributed by atoms with van der Waals surface area (Å²) in [5.41, 5.74) is 1.66. The fourth-order valence-corrected chi connectivity index (χ4v) is 3.03. The highest BCUT2D eigenvalue weighted by Gasteiger charge is 2.09. The minimum Gasteiger partial charge on any atom is -0.0805 e. The summed E-state index contributed by atoms with van der Waals surface area (Å²) in [6.07, 6.45) is 23.8. The molecular formula is C19H34. The van der Waals surface area contributed by atoms with Gasteiger partial charge in [0, 0.05) is 0 Å². The highest BCUT2D eigenvalue weighted by atomic mass is 14.1. The Kier molecular flexibility index (Phi) is 9.85. The fourth-order valence-electron chi connectivity index (χ4n) is 3.03. The van der Waals surface area contributed by atoms with Crippen molar-refractivity contribution in [1.82, 2.24) is 0 Å². The molecule has 0 aromatic carbocycles. The molecule has 0 radical (unpaired) electrons. The molecule has 1 atom stereocenters. The van der Waals surface area contributed by atoms with Crippen molar-refractivity contribution in [3.8, 4) is 0 Å². The van der Waals surface area contributed by atoms with Gasteiger partial charge in [0.05, 0.1) is 0 Å². The molecule has 0 bridgehead atoms. The lowest BCUT2D eigenvalue weighted by atomic mass is 9.91. The van der Waals surface area contributed by atoms with E-state index in [1.54, 1.807) is 5.57 Å². The standard InChI is InChI=1S/C19H34/c1-3-5-6-7-8-9-10-11-14-18(4-2)17-19-15-12-13-16-19/h12-13,15,18H,3-11,14,16-17H2,1-2H3. The average molecular weight is 262 g/mol. The number of unbranched alkanes of at least 4 members (excludes halogenated alkanes) is 7. The van der Waals surface area contributed by atoms with E-state index in [2.05, 4.69) is 32.1 Å². The minimum absolute atomic E-state index is 0.936. The lowest BCUT2D eigenvalue weighted by Gasteiger charge is -2.15. The highest BCUT2D eigenvalue weighted by molar-refractivity contribution is 5.23. The molecule has 0 N–H and O–H groups in total. The van der Waals surface area contributed by atoms with Gasteiger partial charge in [-0.25, -0.2) is 0 Å². The summed E-state index contributed by atoms with van der Waals surface area (Å²) in [5, 5.41) is 0. The smallest absolute Gasteiger partial charge is 0.0132 e. The lowest BCUT2D eigenvalue weighted by molar-refractivity contribution is 0.432.